The van der Waals surface area contributed by atoms with Crippen molar-refractivity contribution in [1.82, 2.24) is 0 Å². The van der Waals surface area contributed by atoms with Crippen LogP contribution in [-0.4, -0.2) is 24.6 Å². The maximum Gasteiger partial charge on any atom is 0.238 e. The number of halogens is 1. The minimum Gasteiger partial charge on any atom is -0.316 e. The lowest BCUT2D eigenvalue weighted by Gasteiger charge is -2.25. The highest BCUT2D eigenvalue weighted by Crippen LogP contribution is 2.42. The third kappa shape index (κ3) is 3.35. The average Bonchev–Trinajstić information content (AvgIpc) is 2.96. The molecule has 0 N–H and O–H groups in total. The van der Waals surface area contributed by atoms with E-state index in [1.807, 2.05) is 53.4 Å². The van der Waals surface area contributed by atoms with Crippen LogP contribution < -0.4 is 9.80 Å². The van der Waals surface area contributed by atoms with E-state index in [1.54, 1.807) is 23.7 Å². The van der Waals surface area contributed by atoms with E-state index in [2.05, 4.69) is 15.9 Å². The van der Waals surface area contributed by atoms with Gasteiger partial charge in [-0.05, 0) is 42.0 Å². The molecule has 1 aliphatic heterocycles. The molecule has 0 aliphatic carbocycles. The predicted octanol–water partition coefficient (Wildman–Crippen LogP) is 4.21. The van der Waals surface area contributed by atoms with Crippen molar-refractivity contribution in [3.05, 3.63) is 58.6 Å². The van der Waals surface area contributed by atoms with Crippen LogP contribution in [0.4, 0.5) is 11.4 Å². The number of amides is 2. The highest BCUT2D eigenvalue weighted by Gasteiger charge is 2.34. The topological polar surface area (TPSA) is 40.6 Å². The summed E-state index contributed by atoms with van der Waals surface area (Å²) in [5.74, 6) is 0.534. The zero-order chi connectivity index (χ0) is 17.3. The van der Waals surface area contributed by atoms with Gasteiger partial charge in [-0.2, -0.15) is 0 Å². The fraction of sp³-hybridized carbons (Fsp3) is 0.222. The van der Waals surface area contributed by atoms with Gasteiger partial charge in [0.05, 0.1) is 5.75 Å². The van der Waals surface area contributed by atoms with Crippen molar-refractivity contribution in [2.45, 2.75) is 12.3 Å². The predicted molar refractivity (Wildman–Crippen MR) is 102 cm³/mol. The van der Waals surface area contributed by atoms with Gasteiger partial charge in [0.15, 0.2) is 0 Å². The fourth-order valence-corrected chi connectivity index (χ4v) is 4.21. The molecular weight excluding hydrogens is 388 g/mol. The van der Waals surface area contributed by atoms with Crippen LogP contribution in [0.1, 0.15) is 17.9 Å². The zero-order valence-electron chi connectivity index (χ0n) is 13.4. The SMILES string of the molecule is CC(=O)N(C)c1ccc(N2C(=O)CSC2c2cccc(Br)c2)cc1. The monoisotopic (exact) mass is 404 g/mol. The van der Waals surface area contributed by atoms with Crippen LogP contribution in [0.2, 0.25) is 0 Å². The lowest BCUT2D eigenvalue weighted by atomic mass is 10.2. The molecule has 1 heterocycles. The quantitative estimate of drug-likeness (QED) is 0.768. The number of nitrogens with zero attached hydrogens (tertiary/aromatic N) is 2. The smallest absolute Gasteiger partial charge is 0.238 e. The van der Waals surface area contributed by atoms with E-state index in [9.17, 15) is 9.59 Å². The van der Waals surface area contributed by atoms with Crippen LogP contribution >= 0.6 is 27.7 Å². The molecule has 2 aromatic carbocycles. The summed E-state index contributed by atoms with van der Waals surface area (Å²) in [7, 11) is 1.73. The number of carbonyl (C=O) groups is 2. The molecule has 6 heteroatoms. The molecular formula is C18H17BrN2O2S. The maximum atomic E-state index is 12.4. The number of hydrogen-bond donors (Lipinski definition) is 0. The molecule has 2 amide bonds. The van der Waals surface area contributed by atoms with Gasteiger partial charge in [-0.25, -0.2) is 0 Å². The van der Waals surface area contributed by atoms with Gasteiger partial charge < -0.3 is 4.90 Å². The Labute approximate surface area is 154 Å². The second-order valence-corrected chi connectivity index (χ2v) is 7.56. The highest BCUT2D eigenvalue weighted by atomic mass is 79.9. The standard InChI is InChI=1S/C18H17BrN2O2S/c1-12(22)20(2)15-6-8-16(9-7-15)21-17(23)11-24-18(21)13-4-3-5-14(19)10-13/h3-10,18H,11H2,1-2H3. The molecule has 0 radical (unpaired) electrons. The third-order valence-electron chi connectivity index (χ3n) is 3.99. The number of anilines is 2. The van der Waals surface area contributed by atoms with Gasteiger partial charge in [-0.1, -0.05) is 28.1 Å². The van der Waals surface area contributed by atoms with Crippen molar-refractivity contribution in [3.8, 4) is 0 Å². The third-order valence-corrected chi connectivity index (χ3v) is 5.69. The summed E-state index contributed by atoms with van der Waals surface area (Å²) in [6.07, 6.45) is 0. The molecule has 124 valence electrons. The fourth-order valence-electron chi connectivity index (χ4n) is 2.63. The summed E-state index contributed by atoms with van der Waals surface area (Å²) >= 11 is 5.11. The molecule has 0 spiro atoms. The van der Waals surface area contributed by atoms with Crippen LogP contribution in [0.3, 0.4) is 0 Å². The Hall–Kier alpha value is -1.79. The first-order valence-corrected chi connectivity index (χ1v) is 9.35. The van der Waals surface area contributed by atoms with Crippen molar-refractivity contribution >= 4 is 50.9 Å². The number of thioether (sulfide) groups is 1. The molecule has 0 aromatic heterocycles. The summed E-state index contributed by atoms with van der Waals surface area (Å²) in [6.45, 7) is 1.53. The molecule has 1 fully saturated rings. The second kappa shape index (κ2) is 6.99. The van der Waals surface area contributed by atoms with Gasteiger partial charge in [0.2, 0.25) is 11.8 Å². The first kappa shape index (κ1) is 17.0. The molecule has 3 rings (SSSR count). The summed E-state index contributed by atoms with van der Waals surface area (Å²) in [4.78, 5) is 27.3. The first-order valence-electron chi connectivity index (χ1n) is 7.51. The minimum atomic E-state index is -0.0358. The van der Waals surface area contributed by atoms with E-state index in [1.165, 1.54) is 6.92 Å². The largest absolute Gasteiger partial charge is 0.316 e. The number of carbonyl (C=O) groups excluding carboxylic acids is 2. The lowest BCUT2D eigenvalue weighted by molar-refractivity contribution is -0.116. The molecule has 2 aromatic rings. The molecule has 0 bridgehead atoms. The Morgan fingerprint density at radius 3 is 2.58 bits per heavy atom. The zero-order valence-corrected chi connectivity index (χ0v) is 15.8. The Morgan fingerprint density at radius 1 is 1.25 bits per heavy atom. The van der Waals surface area contributed by atoms with Gasteiger partial charge >= 0.3 is 0 Å². The molecule has 1 saturated heterocycles. The summed E-state index contributed by atoms with van der Waals surface area (Å²) in [5, 5.41) is -0.0358. The number of rotatable bonds is 3. The van der Waals surface area contributed by atoms with Crippen molar-refractivity contribution < 1.29 is 9.59 Å². The first-order chi connectivity index (χ1) is 11.5. The van der Waals surface area contributed by atoms with Crippen LogP contribution in [0.5, 0.6) is 0 Å². The molecule has 4 nitrogen and oxygen atoms in total. The molecule has 1 aliphatic rings. The van der Waals surface area contributed by atoms with Crippen molar-refractivity contribution in [2.75, 3.05) is 22.6 Å². The summed E-state index contributed by atoms with van der Waals surface area (Å²) in [5.41, 5.74) is 2.74. The van der Waals surface area contributed by atoms with Gasteiger partial charge in [-0.15, -0.1) is 11.8 Å². The van der Waals surface area contributed by atoms with Crippen LogP contribution in [0.25, 0.3) is 0 Å². The molecule has 1 atom stereocenters. The van der Waals surface area contributed by atoms with Gasteiger partial charge in [0.25, 0.3) is 0 Å². The Morgan fingerprint density at radius 2 is 1.96 bits per heavy atom. The van der Waals surface area contributed by atoms with Crippen molar-refractivity contribution in [2.24, 2.45) is 0 Å². The van der Waals surface area contributed by atoms with E-state index >= 15 is 0 Å². The number of hydrogen-bond acceptors (Lipinski definition) is 3. The van der Waals surface area contributed by atoms with Crippen molar-refractivity contribution in [1.29, 1.82) is 0 Å². The van der Waals surface area contributed by atoms with Crippen molar-refractivity contribution in [3.63, 3.8) is 0 Å². The molecule has 1 unspecified atom stereocenters. The molecule has 24 heavy (non-hydrogen) atoms. The Bertz CT molecular complexity index is 779. The van der Waals surface area contributed by atoms with Crippen LogP contribution in [-0.2, 0) is 9.59 Å². The van der Waals surface area contributed by atoms with Gasteiger partial charge in [-0.3, -0.25) is 14.5 Å². The minimum absolute atomic E-state index is 0.0254. The van der Waals surface area contributed by atoms with E-state index in [4.69, 9.17) is 0 Å². The number of benzene rings is 2. The van der Waals surface area contributed by atoms with Gasteiger partial charge in [0, 0.05) is 29.8 Å². The second-order valence-electron chi connectivity index (χ2n) is 5.58. The van der Waals surface area contributed by atoms with E-state index in [0.29, 0.717) is 5.75 Å². The van der Waals surface area contributed by atoms with Crippen LogP contribution in [0, 0.1) is 0 Å². The maximum absolute atomic E-state index is 12.4. The lowest BCUT2D eigenvalue weighted by Crippen LogP contribution is -2.28. The van der Waals surface area contributed by atoms with E-state index in [-0.39, 0.29) is 17.2 Å². The Kier molecular flexibility index (Phi) is 4.96. The molecule has 0 saturated carbocycles. The summed E-state index contributed by atoms with van der Waals surface area (Å²) in [6, 6.07) is 15.5. The summed E-state index contributed by atoms with van der Waals surface area (Å²) < 4.78 is 0.998. The van der Waals surface area contributed by atoms with E-state index in [0.717, 1.165) is 21.4 Å². The average molecular weight is 405 g/mol. The normalized spacial score (nSPS) is 17.2. The highest BCUT2D eigenvalue weighted by molar-refractivity contribution is 9.10. The Balaban J connectivity index is 1.91. The van der Waals surface area contributed by atoms with Crippen LogP contribution in [0.15, 0.2) is 53.0 Å². The van der Waals surface area contributed by atoms with E-state index < -0.39 is 0 Å². The van der Waals surface area contributed by atoms with Gasteiger partial charge in [0.1, 0.15) is 5.37 Å².